The van der Waals surface area contributed by atoms with Crippen molar-refractivity contribution in [2.24, 2.45) is 11.8 Å². The molecule has 2 unspecified atom stereocenters. The summed E-state index contributed by atoms with van der Waals surface area (Å²) in [5, 5.41) is 36.5. The summed E-state index contributed by atoms with van der Waals surface area (Å²) < 4.78 is 0. The molecule has 4 heteroatoms. The fourth-order valence-electron chi connectivity index (χ4n) is 3.40. The first-order valence-corrected chi connectivity index (χ1v) is 8.41. The van der Waals surface area contributed by atoms with E-state index in [1.807, 2.05) is 49.4 Å². The molecule has 2 rings (SSSR count). The monoisotopic (exact) mass is 338 g/mol. The number of allylic oxidation sites excluding steroid dienone is 11. The van der Waals surface area contributed by atoms with Gasteiger partial charge in [-0.1, -0.05) is 36.8 Å². The van der Waals surface area contributed by atoms with E-state index in [1.165, 1.54) is 5.57 Å². The van der Waals surface area contributed by atoms with Crippen molar-refractivity contribution < 1.29 is 0 Å². The minimum absolute atomic E-state index is 0.0641. The summed E-state index contributed by atoms with van der Waals surface area (Å²) in [5.41, 5.74) is 4.07. The normalized spacial score (nSPS) is 22.0. The number of rotatable bonds is 3. The summed E-state index contributed by atoms with van der Waals surface area (Å²) in [6.07, 6.45) is 11.7. The Morgan fingerprint density at radius 2 is 1.85 bits per heavy atom. The number of hydrogen-bond donors (Lipinski definition) is 0. The first-order valence-electron chi connectivity index (χ1n) is 8.41. The molecular weight excluding hydrogens is 320 g/mol. The average Bonchev–Trinajstić information content (AvgIpc) is 2.68. The van der Waals surface area contributed by atoms with Crippen LogP contribution in [0.4, 0.5) is 0 Å². The Morgan fingerprint density at radius 3 is 2.38 bits per heavy atom. The second kappa shape index (κ2) is 8.48. The molecule has 2 aliphatic rings. The van der Waals surface area contributed by atoms with Gasteiger partial charge in [0.15, 0.2) is 0 Å². The molecule has 0 spiro atoms. The van der Waals surface area contributed by atoms with Crippen LogP contribution in [0.3, 0.4) is 0 Å². The Kier molecular flexibility index (Phi) is 6.11. The Hall–Kier alpha value is -3.60. The van der Waals surface area contributed by atoms with E-state index >= 15 is 0 Å². The average molecular weight is 338 g/mol. The van der Waals surface area contributed by atoms with Crippen LogP contribution in [0.25, 0.3) is 0 Å². The van der Waals surface area contributed by atoms with Gasteiger partial charge in [0.25, 0.3) is 0 Å². The van der Waals surface area contributed by atoms with Crippen molar-refractivity contribution in [3.05, 3.63) is 70.4 Å². The Morgan fingerprint density at radius 1 is 1.15 bits per heavy atom. The minimum Gasteiger partial charge on any atom is -0.192 e. The molecule has 0 bridgehead atoms. The van der Waals surface area contributed by atoms with E-state index in [1.54, 1.807) is 0 Å². The Labute approximate surface area is 154 Å². The zero-order valence-electron chi connectivity index (χ0n) is 14.7. The SMILES string of the molecule is C=CC1CC(=C(C#N)C#N)CC2C=C/C(=C/C(CC)=C(C#N)C#N)C=C12. The molecular formula is C22H18N4. The van der Waals surface area contributed by atoms with Gasteiger partial charge in [0.2, 0.25) is 0 Å². The van der Waals surface area contributed by atoms with Crippen LogP contribution in [0.15, 0.2) is 70.4 Å². The molecule has 26 heavy (non-hydrogen) atoms. The molecule has 0 amide bonds. The molecule has 0 aromatic carbocycles. The predicted molar refractivity (Wildman–Crippen MR) is 98.5 cm³/mol. The topological polar surface area (TPSA) is 95.2 Å². The maximum absolute atomic E-state index is 9.14. The van der Waals surface area contributed by atoms with Crippen molar-refractivity contribution in [3.63, 3.8) is 0 Å². The van der Waals surface area contributed by atoms with Gasteiger partial charge in [0, 0.05) is 11.8 Å². The van der Waals surface area contributed by atoms with Crippen LogP contribution in [0, 0.1) is 57.2 Å². The van der Waals surface area contributed by atoms with Crippen LogP contribution < -0.4 is 0 Å². The van der Waals surface area contributed by atoms with Crippen LogP contribution in [0.2, 0.25) is 0 Å². The van der Waals surface area contributed by atoms with Crippen LogP contribution in [0.5, 0.6) is 0 Å². The molecule has 4 nitrogen and oxygen atoms in total. The molecule has 0 aliphatic heterocycles. The molecule has 2 atom stereocenters. The van der Waals surface area contributed by atoms with Gasteiger partial charge in [-0.3, -0.25) is 0 Å². The lowest BCUT2D eigenvalue weighted by atomic mass is 9.70. The van der Waals surface area contributed by atoms with E-state index < -0.39 is 0 Å². The molecule has 1 fully saturated rings. The summed E-state index contributed by atoms with van der Waals surface area (Å²) in [6, 6.07) is 7.87. The fourth-order valence-corrected chi connectivity index (χ4v) is 3.40. The molecule has 0 aromatic heterocycles. The van der Waals surface area contributed by atoms with Gasteiger partial charge in [-0.2, -0.15) is 21.0 Å². The summed E-state index contributed by atoms with van der Waals surface area (Å²) in [7, 11) is 0. The maximum Gasteiger partial charge on any atom is 0.132 e. The Balaban J connectivity index is 2.45. The third-order valence-corrected chi connectivity index (χ3v) is 4.77. The predicted octanol–water partition coefficient (Wildman–Crippen LogP) is 4.72. The lowest BCUT2D eigenvalue weighted by Gasteiger charge is -2.33. The standard InChI is InChI=1S/C22H18N4/c1-3-16(20(11-23)12-24)7-15-5-6-18-10-19(21(13-25)14-26)9-17(4-2)22(18)8-15/h4-8,17-18H,2-3,9-10H2,1H3/b15-7-. The quantitative estimate of drug-likeness (QED) is 0.549. The number of nitriles is 4. The highest BCUT2D eigenvalue weighted by Crippen LogP contribution is 2.42. The highest BCUT2D eigenvalue weighted by atomic mass is 14.4. The first-order chi connectivity index (χ1) is 12.6. The maximum atomic E-state index is 9.14. The molecule has 126 valence electrons. The van der Waals surface area contributed by atoms with Gasteiger partial charge >= 0.3 is 0 Å². The Bertz CT molecular complexity index is 896. The van der Waals surface area contributed by atoms with Gasteiger partial charge in [0.05, 0.1) is 0 Å². The lowest BCUT2D eigenvalue weighted by molar-refractivity contribution is 0.541. The van der Waals surface area contributed by atoms with Crippen molar-refractivity contribution in [1.29, 1.82) is 21.0 Å². The fraction of sp³-hybridized carbons (Fsp3) is 0.273. The van der Waals surface area contributed by atoms with Crippen molar-refractivity contribution in [1.82, 2.24) is 0 Å². The molecule has 0 aromatic rings. The van der Waals surface area contributed by atoms with E-state index in [9.17, 15) is 0 Å². The van der Waals surface area contributed by atoms with E-state index in [0.717, 1.165) is 11.1 Å². The second-order valence-corrected chi connectivity index (χ2v) is 6.18. The highest BCUT2D eigenvalue weighted by Gasteiger charge is 2.30. The summed E-state index contributed by atoms with van der Waals surface area (Å²) >= 11 is 0. The summed E-state index contributed by atoms with van der Waals surface area (Å²) in [6.45, 7) is 5.83. The van der Waals surface area contributed by atoms with Crippen LogP contribution in [-0.2, 0) is 0 Å². The zero-order valence-corrected chi connectivity index (χ0v) is 14.7. The van der Waals surface area contributed by atoms with Crippen LogP contribution >= 0.6 is 0 Å². The number of fused-ring (bicyclic) bond motifs is 1. The van der Waals surface area contributed by atoms with Gasteiger partial charge < -0.3 is 0 Å². The second-order valence-electron chi connectivity index (χ2n) is 6.18. The van der Waals surface area contributed by atoms with Crippen LogP contribution in [-0.4, -0.2) is 0 Å². The number of nitrogens with zero attached hydrogens (tertiary/aromatic N) is 4. The van der Waals surface area contributed by atoms with Gasteiger partial charge in [-0.05, 0) is 42.1 Å². The van der Waals surface area contributed by atoms with Gasteiger partial charge in [0.1, 0.15) is 35.4 Å². The highest BCUT2D eigenvalue weighted by molar-refractivity contribution is 5.53. The molecule has 0 N–H and O–H groups in total. The lowest BCUT2D eigenvalue weighted by Crippen LogP contribution is -2.21. The van der Waals surface area contributed by atoms with Crippen molar-refractivity contribution in [2.75, 3.05) is 0 Å². The smallest absolute Gasteiger partial charge is 0.132 e. The third-order valence-electron chi connectivity index (χ3n) is 4.77. The zero-order chi connectivity index (χ0) is 19.1. The molecule has 0 saturated heterocycles. The van der Waals surface area contributed by atoms with Crippen LogP contribution in [0.1, 0.15) is 26.2 Å². The largest absolute Gasteiger partial charge is 0.192 e. The minimum atomic E-state index is 0.0641. The van der Waals surface area contributed by atoms with Gasteiger partial charge in [-0.15, -0.1) is 6.58 Å². The van der Waals surface area contributed by atoms with Crippen molar-refractivity contribution in [3.8, 4) is 24.3 Å². The molecule has 1 saturated carbocycles. The van der Waals surface area contributed by atoms with Crippen molar-refractivity contribution >= 4 is 0 Å². The van der Waals surface area contributed by atoms with E-state index in [2.05, 4.69) is 18.7 Å². The molecule has 0 radical (unpaired) electrons. The van der Waals surface area contributed by atoms with E-state index in [4.69, 9.17) is 21.0 Å². The third kappa shape index (κ3) is 3.72. The number of hydrogen-bond acceptors (Lipinski definition) is 4. The summed E-state index contributed by atoms with van der Waals surface area (Å²) in [5.74, 6) is 0.199. The van der Waals surface area contributed by atoms with Gasteiger partial charge in [-0.25, -0.2) is 0 Å². The van der Waals surface area contributed by atoms with E-state index in [0.29, 0.717) is 24.8 Å². The molecule has 2 aliphatic carbocycles. The van der Waals surface area contributed by atoms with E-state index in [-0.39, 0.29) is 23.0 Å². The summed E-state index contributed by atoms with van der Waals surface area (Å²) in [4.78, 5) is 0. The van der Waals surface area contributed by atoms with Crippen molar-refractivity contribution in [2.45, 2.75) is 26.2 Å². The first kappa shape index (κ1) is 18.7. The molecule has 0 heterocycles.